The van der Waals surface area contributed by atoms with Crippen molar-refractivity contribution in [3.05, 3.63) is 0 Å². The van der Waals surface area contributed by atoms with Crippen LogP contribution in [0.2, 0.25) is 0 Å². The standard InChI is InChI=1S/C10H21N/c1-3-9(2)10-7-5-4-6-8-11-10/h9-11H,3-8H2,1-2H3. The van der Waals surface area contributed by atoms with Gasteiger partial charge in [-0.05, 0) is 25.3 Å². The van der Waals surface area contributed by atoms with Crippen LogP contribution in [0.5, 0.6) is 0 Å². The molecule has 1 heteroatoms. The van der Waals surface area contributed by atoms with E-state index in [2.05, 4.69) is 19.2 Å². The van der Waals surface area contributed by atoms with Crippen LogP contribution >= 0.6 is 0 Å². The molecule has 0 saturated carbocycles. The van der Waals surface area contributed by atoms with E-state index < -0.39 is 0 Å². The minimum atomic E-state index is 0.808. The molecule has 0 aliphatic carbocycles. The van der Waals surface area contributed by atoms with Crippen molar-refractivity contribution in [2.24, 2.45) is 5.92 Å². The molecule has 1 saturated heterocycles. The van der Waals surface area contributed by atoms with Gasteiger partial charge in [0.2, 0.25) is 0 Å². The van der Waals surface area contributed by atoms with E-state index in [1.54, 1.807) is 0 Å². The van der Waals surface area contributed by atoms with Crippen molar-refractivity contribution >= 4 is 0 Å². The van der Waals surface area contributed by atoms with Gasteiger partial charge in [-0.1, -0.05) is 33.1 Å². The maximum Gasteiger partial charge on any atom is 0.00925 e. The molecular formula is C10H21N. The van der Waals surface area contributed by atoms with Gasteiger partial charge in [0.25, 0.3) is 0 Å². The normalized spacial score (nSPS) is 29.5. The first-order valence-electron chi connectivity index (χ1n) is 5.08. The second-order valence-corrected chi connectivity index (χ2v) is 3.80. The summed E-state index contributed by atoms with van der Waals surface area (Å²) >= 11 is 0. The predicted molar refractivity (Wildman–Crippen MR) is 49.7 cm³/mol. The van der Waals surface area contributed by atoms with Crippen LogP contribution in [0.25, 0.3) is 0 Å². The Morgan fingerprint density at radius 1 is 1.36 bits per heavy atom. The van der Waals surface area contributed by atoms with Crippen LogP contribution in [-0.2, 0) is 0 Å². The highest BCUT2D eigenvalue weighted by Crippen LogP contribution is 2.17. The van der Waals surface area contributed by atoms with Crippen LogP contribution in [0.4, 0.5) is 0 Å². The molecule has 1 nitrogen and oxygen atoms in total. The fraction of sp³-hybridized carbons (Fsp3) is 1.00. The average Bonchev–Trinajstić information content (AvgIpc) is 2.30. The van der Waals surface area contributed by atoms with E-state index in [0.717, 1.165) is 12.0 Å². The van der Waals surface area contributed by atoms with Crippen molar-refractivity contribution < 1.29 is 0 Å². The molecule has 1 heterocycles. The SMILES string of the molecule is CCC(C)C1CCCCCN1. The zero-order chi connectivity index (χ0) is 8.10. The molecule has 0 spiro atoms. The monoisotopic (exact) mass is 155 g/mol. The summed E-state index contributed by atoms with van der Waals surface area (Å²) in [5, 5.41) is 3.63. The highest BCUT2D eigenvalue weighted by atomic mass is 14.9. The van der Waals surface area contributed by atoms with Gasteiger partial charge in [-0.25, -0.2) is 0 Å². The molecule has 0 aromatic carbocycles. The summed E-state index contributed by atoms with van der Waals surface area (Å²) in [6, 6.07) is 0.808. The Bertz CT molecular complexity index is 93.0. The van der Waals surface area contributed by atoms with Crippen molar-refractivity contribution in [1.82, 2.24) is 5.32 Å². The first-order valence-corrected chi connectivity index (χ1v) is 5.08. The minimum Gasteiger partial charge on any atom is -0.314 e. The number of rotatable bonds is 2. The number of hydrogen-bond acceptors (Lipinski definition) is 1. The van der Waals surface area contributed by atoms with Gasteiger partial charge in [0.05, 0.1) is 0 Å². The van der Waals surface area contributed by atoms with Crippen molar-refractivity contribution in [2.45, 2.75) is 52.0 Å². The maximum atomic E-state index is 3.63. The van der Waals surface area contributed by atoms with Crippen molar-refractivity contribution in [3.8, 4) is 0 Å². The molecule has 0 aromatic rings. The molecule has 0 aromatic heterocycles. The summed E-state index contributed by atoms with van der Waals surface area (Å²) in [7, 11) is 0. The third-order valence-corrected chi connectivity index (χ3v) is 2.93. The van der Waals surface area contributed by atoms with Crippen molar-refractivity contribution in [1.29, 1.82) is 0 Å². The molecular weight excluding hydrogens is 134 g/mol. The lowest BCUT2D eigenvalue weighted by molar-refractivity contribution is 0.362. The van der Waals surface area contributed by atoms with Gasteiger partial charge in [0.1, 0.15) is 0 Å². The summed E-state index contributed by atoms with van der Waals surface area (Å²) in [6.07, 6.45) is 6.96. The van der Waals surface area contributed by atoms with Gasteiger partial charge in [0, 0.05) is 6.04 Å². The molecule has 1 fully saturated rings. The quantitative estimate of drug-likeness (QED) is 0.646. The number of nitrogens with one attached hydrogen (secondary N) is 1. The van der Waals surface area contributed by atoms with Crippen LogP contribution in [0, 0.1) is 5.92 Å². The summed E-state index contributed by atoms with van der Waals surface area (Å²) in [5.41, 5.74) is 0. The first kappa shape index (κ1) is 9.05. The van der Waals surface area contributed by atoms with Gasteiger partial charge in [-0.3, -0.25) is 0 Å². The fourth-order valence-electron chi connectivity index (χ4n) is 1.83. The van der Waals surface area contributed by atoms with Crippen LogP contribution in [0.15, 0.2) is 0 Å². The topological polar surface area (TPSA) is 12.0 Å². The lowest BCUT2D eigenvalue weighted by atomic mass is 9.95. The van der Waals surface area contributed by atoms with Gasteiger partial charge in [-0.2, -0.15) is 0 Å². The Balaban J connectivity index is 2.30. The fourth-order valence-corrected chi connectivity index (χ4v) is 1.83. The Hall–Kier alpha value is -0.0400. The van der Waals surface area contributed by atoms with Crippen LogP contribution in [0.3, 0.4) is 0 Å². The van der Waals surface area contributed by atoms with Crippen molar-refractivity contribution in [2.75, 3.05) is 6.54 Å². The third-order valence-electron chi connectivity index (χ3n) is 2.93. The highest BCUT2D eigenvalue weighted by Gasteiger charge is 2.16. The van der Waals surface area contributed by atoms with E-state index in [0.29, 0.717) is 0 Å². The molecule has 0 radical (unpaired) electrons. The Kier molecular flexibility index (Phi) is 3.92. The summed E-state index contributed by atoms with van der Waals surface area (Å²) in [5.74, 6) is 0.869. The molecule has 0 bridgehead atoms. The smallest absolute Gasteiger partial charge is 0.00925 e. The molecule has 2 unspecified atom stereocenters. The van der Waals surface area contributed by atoms with Crippen LogP contribution in [-0.4, -0.2) is 12.6 Å². The molecule has 0 amide bonds. The van der Waals surface area contributed by atoms with E-state index in [1.165, 1.54) is 38.6 Å². The number of hydrogen-bond donors (Lipinski definition) is 1. The second kappa shape index (κ2) is 4.76. The summed E-state index contributed by atoms with van der Waals surface area (Å²) in [6.45, 7) is 5.90. The lowest BCUT2D eigenvalue weighted by Gasteiger charge is -2.21. The Morgan fingerprint density at radius 2 is 2.18 bits per heavy atom. The Morgan fingerprint density at radius 3 is 2.91 bits per heavy atom. The molecule has 1 aliphatic heterocycles. The van der Waals surface area contributed by atoms with E-state index in [-0.39, 0.29) is 0 Å². The lowest BCUT2D eigenvalue weighted by Crippen LogP contribution is -2.33. The third kappa shape index (κ3) is 2.82. The largest absolute Gasteiger partial charge is 0.314 e. The van der Waals surface area contributed by atoms with Crippen LogP contribution < -0.4 is 5.32 Å². The van der Waals surface area contributed by atoms with Crippen LogP contribution in [0.1, 0.15) is 46.0 Å². The molecule has 2 atom stereocenters. The van der Waals surface area contributed by atoms with Gasteiger partial charge in [0.15, 0.2) is 0 Å². The van der Waals surface area contributed by atoms with E-state index in [4.69, 9.17) is 0 Å². The second-order valence-electron chi connectivity index (χ2n) is 3.80. The predicted octanol–water partition coefficient (Wildman–Crippen LogP) is 2.56. The Labute approximate surface area is 70.6 Å². The molecule has 66 valence electrons. The van der Waals surface area contributed by atoms with E-state index in [9.17, 15) is 0 Å². The van der Waals surface area contributed by atoms with Gasteiger partial charge < -0.3 is 5.32 Å². The van der Waals surface area contributed by atoms with E-state index >= 15 is 0 Å². The zero-order valence-corrected chi connectivity index (χ0v) is 7.90. The van der Waals surface area contributed by atoms with E-state index in [1.807, 2.05) is 0 Å². The summed E-state index contributed by atoms with van der Waals surface area (Å²) < 4.78 is 0. The molecule has 11 heavy (non-hydrogen) atoms. The van der Waals surface area contributed by atoms with Crippen molar-refractivity contribution in [3.63, 3.8) is 0 Å². The maximum absolute atomic E-state index is 3.63. The zero-order valence-electron chi connectivity index (χ0n) is 7.90. The first-order chi connectivity index (χ1) is 5.34. The minimum absolute atomic E-state index is 0.808. The van der Waals surface area contributed by atoms with Gasteiger partial charge >= 0.3 is 0 Å². The van der Waals surface area contributed by atoms with Gasteiger partial charge in [-0.15, -0.1) is 0 Å². The molecule has 1 N–H and O–H groups in total. The summed E-state index contributed by atoms with van der Waals surface area (Å²) in [4.78, 5) is 0. The highest BCUT2D eigenvalue weighted by molar-refractivity contribution is 4.74. The molecule has 1 aliphatic rings. The molecule has 1 rings (SSSR count). The average molecular weight is 155 g/mol.